The summed E-state index contributed by atoms with van der Waals surface area (Å²) in [4.78, 5) is 22.9. The number of hydrogen-bond donors (Lipinski definition) is 2. The Morgan fingerprint density at radius 2 is 1.05 bits per heavy atom. The molecule has 0 bridgehead atoms. The lowest BCUT2D eigenvalue weighted by Gasteiger charge is -2.26. The van der Waals surface area contributed by atoms with E-state index in [4.69, 9.17) is 9.47 Å². The first-order valence-corrected chi connectivity index (χ1v) is 5.99. The van der Waals surface area contributed by atoms with E-state index in [0.29, 0.717) is 0 Å². The van der Waals surface area contributed by atoms with Gasteiger partial charge in [0.2, 0.25) is 0 Å². The quantitative estimate of drug-likeness (QED) is 0.624. The fourth-order valence-corrected chi connectivity index (χ4v) is 1.60. The molecule has 0 saturated carbocycles. The summed E-state index contributed by atoms with van der Waals surface area (Å²) in [5.41, 5.74) is 0. The Bertz CT molecular complexity index is 566. The van der Waals surface area contributed by atoms with Crippen LogP contribution in [0, 0.1) is 0 Å². The Balaban J connectivity index is 2.38. The first-order chi connectivity index (χ1) is 10.0. The second kappa shape index (κ2) is 5.96. The summed E-state index contributed by atoms with van der Waals surface area (Å²) in [6.45, 7) is 0. The van der Waals surface area contributed by atoms with Gasteiger partial charge >= 0.3 is 17.7 Å². The zero-order valence-electron chi connectivity index (χ0n) is 10.8. The van der Waals surface area contributed by atoms with Crippen molar-refractivity contribution >= 4 is 11.9 Å². The van der Waals surface area contributed by atoms with E-state index in [1.807, 2.05) is 0 Å². The van der Waals surface area contributed by atoms with E-state index >= 15 is 0 Å². The highest BCUT2D eigenvalue weighted by molar-refractivity contribution is 6.00. The van der Waals surface area contributed by atoms with Crippen molar-refractivity contribution in [2.24, 2.45) is 0 Å². The lowest BCUT2D eigenvalue weighted by atomic mass is 10.2. The maximum absolute atomic E-state index is 11.4. The first-order valence-electron chi connectivity index (χ1n) is 5.99. The van der Waals surface area contributed by atoms with Crippen molar-refractivity contribution in [1.82, 2.24) is 0 Å². The lowest BCUT2D eigenvalue weighted by molar-refractivity contribution is -0.201. The van der Waals surface area contributed by atoms with Gasteiger partial charge in [-0.15, -0.1) is 0 Å². The predicted octanol–water partition coefficient (Wildman–Crippen LogP) is 2.01. The van der Waals surface area contributed by atoms with E-state index < -0.39 is 17.7 Å². The Labute approximate surface area is 120 Å². The third-order valence-electron chi connectivity index (χ3n) is 2.57. The molecule has 0 aromatic heterocycles. The van der Waals surface area contributed by atoms with E-state index in [0.717, 1.165) is 0 Å². The Hall–Kier alpha value is -3.02. The number of carbonyl (C=O) groups is 2. The van der Waals surface area contributed by atoms with E-state index in [2.05, 4.69) is 0 Å². The number of benzene rings is 2. The predicted molar refractivity (Wildman–Crippen MR) is 72.1 cm³/mol. The fourth-order valence-electron chi connectivity index (χ4n) is 1.60. The van der Waals surface area contributed by atoms with Gasteiger partial charge < -0.3 is 19.7 Å². The van der Waals surface area contributed by atoms with Crippen LogP contribution in [0.25, 0.3) is 0 Å². The smallest absolute Gasteiger partial charge is 0.452 e. The van der Waals surface area contributed by atoms with Crippen LogP contribution >= 0.6 is 0 Å². The monoisotopic (exact) mass is 288 g/mol. The van der Waals surface area contributed by atoms with Crippen LogP contribution in [0.4, 0.5) is 0 Å². The van der Waals surface area contributed by atoms with Gasteiger partial charge in [0.25, 0.3) is 0 Å². The van der Waals surface area contributed by atoms with Crippen LogP contribution in [-0.4, -0.2) is 27.9 Å². The van der Waals surface area contributed by atoms with Gasteiger partial charge in [0.05, 0.1) is 0 Å². The Morgan fingerprint density at radius 1 is 0.714 bits per heavy atom. The average Bonchev–Trinajstić information content (AvgIpc) is 2.48. The molecule has 0 fully saturated rings. The van der Waals surface area contributed by atoms with Crippen LogP contribution in [0.1, 0.15) is 0 Å². The van der Waals surface area contributed by atoms with Crippen molar-refractivity contribution in [2.75, 3.05) is 0 Å². The number of carboxylic acids is 2. The molecule has 0 heterocycles. The molecule has 0 aliphatic heterocycles. The van der Waals surface area contributed by atoms with E-state index in [-0.39, 0.29) is 11.5 Å². The van der Waals surface area contributed by atoms with Crippen molar-refractivity contribution in [2.45, 2.75) is 5.79 Å². The molecule has 0 radical (unpaired) electrons. The molecule has 2 aromatic carbocycles. The number of hydrogen-bond acceptors (Lipinski definition) is 4. The van der Waals surface area contributed by atoms with E-state index in [9.17, 15) is 19.8 Å². The summed E-state index contributed by atoms with van der Waals surface area (Å²) >= 11 is 0. The third-order valence-corrected chi connectivity index (χ3v) is 2.57. The number of aliphatic carboxylic acids is 2. The van der Waals surface area contributed by atoms with Gasteiger partial charge in [0.1, 0.15) is 11.5 Å². The van der Waals surface area contributed by atoms with Crippen molar-refractivity contribution in [1.29, 1.82) is 0 Å². The Morgan fingerprint density at radius 3 is 1.33 bits per heavy atom. The minimum atomic E-state index is -2.86. The van der Waals surface area contributed by atoms with Crippen molar-refractivity contribution in [3.05, 3.63) is 60.7 Å². The molecule has 0 saturated heterocycles. The molecule has 2 aromatic rings. The lowest BCUT2D eigenvalue weighted by Crippen LogP contribution is -2.56. The molecule has 6 nitrogen and oxygen atoms in total. The molecule has 0 amide bonds. The molecule has 0 unspecified atom stereocenters. The Kier molecular flexibility index (Phi) is 4.08. The van der Waals surface area contributed by atoms with Crippen LogP contribution in [0.15, 0.2) is 60.7 Å². The highest BCUT2D eigenvalue weighted by Gasteiger charge is 2.53. The zero-order chi connectivity index (χ0) is 15.3. The van der Waals surface area contributed by atoms with Gasteiger partial charge in [0.15, 0.2) is 0 Å². The molecular formula is C15H12O6. The van der Waals surface area contributed by atoms with Gasteiger partial charge in [-0.2, -0.15) is 0 Å². The van der Waals surface area contributed by atoms with Crippen LogP contribution < -0.4 is 9.47 Å². The zero-order valence-corrected chi connectivity index (χ0v) is 10.8. The second-order valence-electron chi connectivity index (χ2n) is 4.06. The normalized spacial score (nSPS) is 10.7. The van der Waals surface area contributed by atoms with E-state index in [1.165, 1.54) is 24.3 Å². The van der Waals surface area contributed by atoms with Gasteiger partial charge in [-0.25, -0.2) is 9.59 Å². The molecular weight excluding hydrogens is 276 g/mol. The molecule has 0 aliphatic carbocycles. The number of rotatable bonds is 6. The summed E-state index contributed by atoms with van der Waals surface area (Å²) in [5, 5.41) is 18.6. The van der Waals surface area contributed by atoms with Crippen LogP contribution in [0.3, 0.4) is 0 Å². The summed E-state index contributed by atoms with van der Waals surface area (Å²) < 4.78 is 10.2. The molecule has 2 rings (SSSR count). The van der Waals surface area contributed by atoms with Gasteiger partial charge in [-0.05, 0) is 24.3 Å². The molecule has 21 heavy (non-hydrogen) atoms. The highest BCUT2D eigenvalue weighted by atomic mass is 16.7. The first kappa shape index (κ1) is 14.4. The number of para-hydroxylation sites is 2. The molecule has 0 aliphatic rings. The van der Waals surface area contributed by atoms with Gasteiger partial charge in [-0.1, -0.05) is 36.4 Å². The fraction of sp³-hybridized carbons (Fsp3) is 0.0667. The van der Waals surface area contributed by atoms with Crippen LogP contribution in [0.5, 0.6) is 11.5 Å². The second-order valence-corrected chi connectivity index (χ2v) is 4.06. The summed E-state index contributed by atoms with van der Waals surface area (Å²) in [7, 11) is 0. The average molecular weight is 288 g/mol. The molecule has 2 N–H and O–H groups in total. The minimum absolute atomic E-state index is 0.0678. The highest BCUT2D eigenvalue weighted by Crippen LogP contribution is 2.24. The molecule has 0 spiro atoms. The molecule has 6 heteroatoms. The van der Waals surface area contributed by atoms with E-state index in [1.54, 1.807) is 36.4 Å². The number of ether oxygens (including phenoxy) is 2. The molecule has 108 valence electrons. The van der Waals surface area contributed by atoms with Crippen molar-refractivity contribution < 1.29 is 29.3 Å². The maximum Gasteiger partial charge on any atom is 0.452 e. The SMILES string of the molecule is O=C(O)C(Oc1ccccc1)(Oc1ccccc1)C(=O)O. The summed E-state index contributed by atoms with van der Waals surface area (Å²) in [6, 6.07) is 15.5. The van der Waals surface area contributed by atoms with Crippen LogP contribution in [-0.2, 0) is 9.59 Å². The number of carboxylic acid groups (broad SMARTS) is 2. The minimum Gasteiger partial charge on any atom is -0.475 e. The molecule has 0 atom stereocenters. The largest absolute Gasteiger partial charge is 0.475 e. The van der Waals surface area contributed by atoms with Gasteiger partial charge in [-0.3, -0.25) is 0 Å². The van der Waals surface area contributed by atoms with Crippen molar-refractivity contribution in [3.8, 4) is 11.5 Å². The summed E-state index contributed by atoms with van der Waals surface area (Å²) in [5.74, 6) is -6.25. The third kappa shape index (κ3) is 3.11. The topological polar surface area (TPSA) is 93.1 Å². The van der Waals surface area contributed by atoms with Crippen LogP contribution in [0.2, 0.25) is 0 Å². The van der Waals surface area contributed by atoms with Crippen molar-refractivity contribution in [3.63, 3.8) is 0 Å². The summed E-state index contributed by atoms with van der Waals surface area (Å²) in [6.07, 6.45) is 0. The standard InChI is InChI=1S/C15H12O6/c16-13(17)15(14(18)19,20-11-7-3-1-4-8-11)21-12-9-5-2-6-10-12/h1-10H,(H,16,17)(H,18,19). The maximum atomic E-state index is 11.4. The van der Waals surface area contributed by atoms with Gasteiger partial charge in [0, 0.05) is 0 Å².